The second-order valence-electron chi connectivity index (χ2n) is 4.23. The Morgan fingerprint density at radius 1 is 1.44 bits per heavy atom. The SMILES string of the molecule is Nc1cccc2nc(C3CCCNC3)nn12. The van der Waals surface area contributed by atoms with Crippen molar-refractivity contribution < 1.29 is 0 Å². The van der Waals surface area contributed by atoms with Crippen LogP contribution in [0.2, 0.25) is 0 Å². The molecule has 2 aromatic heterocycles. The number of piperidine rings is 1. The second kappa shape index (κ2) is 3.75. The molecule has 1 aliphatic rings. The van der Waals surface area contributed by atoms with Crippen molar-refractivity contribution in [2.75, 3.05) is 18.8 Å². The van der Waals surface area contributed by atoms with Crippen LogP contribution in [-0.2, 0) is 0 Å². The minimum absolute atomic E-state index is 0.424. The molecule has 1 saturated heterocycles. The van der Waals surface area contributed by atoms with E-state index in [-0.39, 0.29) is 0 Å². The zero-order valence-corrected chi connectivity index (χ0v) is 9.06. The topological polar surface area (TPSA) is 68.2 Å². The number of aromatic nitrogens is 3. The van der Waals surface area contributed by atoms with E-state index in [4.69, 9.17) is 5.73 Å². The van der Waals surface area contributed by atoms with E-state index in [9.17, 15) is 0 Å². The summed E-state index contributed by atoms with van der Waals surface area (Å²) in [6.07, 6.45) is 2.35. The Kier molecular flexibility index (Phi) is 2.25. The lowest BCUT2D eigenvalue weighted by atomic mass is 9.99. The largest absolute Gasteiger partial charge is 0.384 e. The standard InChI is InChI=1S/C11H15N5/c12-9-4-1-5-10-14-11(15-16(9)10)8-3-2-6-13-7-8/h1,4-5,8,13H,2-3,6-7,12H2. The van der Waals surface area contributed by atoms with Crippen LogP contribution < -0.4 is 11.1 Å². The number of nitrogens with one attached hydrogen (secondary N) is 1. The summed E-state index contributed by atoms with van der Waals surface area (Å²) in [6.45, 7) is 2.07. The summed E-state index contributed by atoms with van der Waals surface area (Å²) in [7, 11) is 0. The maximum Gasteiger partial charge on any atom is 0.157 e. The van der Waals surface area contributed by atoms with Gasteiger partial charge in [-0.15, -0.1) is 5.10 Å². The van der Waals surface area contributed by atoms with Gasteiger partial charge in [0.05, 0.1) is 0 Å². The normalized spacial score (nSPS) is 21.4. The van der Waals surface area contributed by atoms with E-state index in [0.29, 0.717) is 11.7 Å². The van der Waals surface area contributed by atoms with Crippen molar-refractivity contribution in [1.29, 1.82) is 0 Å². The van der Waals surface area contributed by atoms with Crippen LogP contribution in [-0.4, -0.2) is 27.7 Å². The number of nitrogens with zero attached hydrogens (tertiary/aromatic N) is 3. The van der Waals surface area contributed by atoms with Gasteiger partial charge < -0.3 is 11.1 Å². The maximum atomic E-state index is 5.84. The Bertz CT molecular complexity index is 498. The Morgan fingerprint density at radius 3 is 3.12 bits per heavy atom. The quantitative estimate of drug-likeness (QED) is 0.740. The number of rotatable bonds is 1. The van der Waals surface area contributed by atoms with Crippen LogP contribution in [0.15, 0.2) is 18.2 Å². The summed E-state index contributed by atoms with van der Waals surface area (Å²) in [5.74, 6) is 1.97. The molecule has 0 radical (unpaired) electrons. The van der Waals surface area contributed by atoms with E-state index in [2.05, 4.69) is 15.4 Å². The monoisotopic (exact) mass is 217 g/mol. The molecule has 3 rings (SSSR count). The molecule has 3 N–H and O–H groups in total. The predicted molar refractivity (Wildman–Crippen MR) is 62.2 cm³/mol. The van der Waals surface area contributed by atoms with Crippen LogP contribution in [0.25, 0.3) is 5.65 Å². The molecule has 5 nitrogen and oxygen atoms in total. The van der Waals surface area contributed by atoms with Crippen LogP contribution in [0.3, 0.4) is 0 Å². The van der Waals surface area contributed by atoms with Crippen molar-refractivity contribution in [3.8, 4) is 0 Å². The van der Waals surface area contributed by atoms with Gasteiger partial charge >= 0.3 is 0 Å². The third kappa shape index (κ3) is 1.53. The van der Waals surface area contributed by atoms with E-state index in [1.807, 2.05) is 18.2 Å². The molecule has 5 heteroatoms. The van der Waals surface area contributed by atoms with Crippen molar-refractivity contribution in [3.63, 3.8) is 0 Å². The summed E-state index contributed by atoms with van der Waals surface area (Å²) in [4.78, 5) is 4.53. The van der Waals surface area contributed by atoms with Crippen LogP contribution in [0.4, 0.5) is 5.82 Å². The highest BCUT2D eigenvalue weighted by atomic mass is 15.3. The molecule has 1 aliphatic heterocycles. The zero-order valence-electron chi connectivity index (χ0n) is 9.06. The third-order valence-electron chi connectivity index (χ3n) is 3.07. The number of anilines is 1. The van der Waals surface area contributed by atoms with E-state index in [1.54, 1.807) is 4.52 Å². The Balaban J connectivity index is 2.01. The summed E-state index contributed by atoms with van der Waals surface area (Å²) in [6, 6.07) is 5.68. The first-order chi connectivity index (χ1) is 7.84. The van der Waals surface area contributed by atoms with Crippen LogP contribution in [0.5, 0.6) is 0 Å². The Hall–Kier alpha value is -1.62. The van der Waals surface area contributed by atoms with Gasteiger partial charge in [0.2, 0.25) is 0 Å². The average molecular weight is 217 g/mol. The Labute approximate surface area is 93.7 Å². The van der Waals surface area contributed by atoms with Crippen LogP contribution >= 0.6 is 0 Å². The van der Waals surface area contributed by atoms with Crippen molar-refractivity contribution >= 4 is 11.5 Å². The smallest absolute Gasteiger partial charge is 0.157 e. The first kappa shape index (κ1) is 9.59. The fourth-order valence-corrected chi connectivity index (χ4v) is 2.19. The van der Waals surface area contributed by atoms with Crippen molar-refractivity contribution in [3.05, 3.63) is 24.0 Å². The van der Waals surface area contributed by atoms with Gasteiger partial charge in [-0.2, -0.15) is 4.52 Å². The molecule has 2 aromatic rings. The zero-order chi connectivity index (χ0) is 11.0. The van der Waals surface area contributed by atoms with Gasteiger partial charge in [-0.3, -0.25) is 0 Å². The number of fused-ring (bicyclic) bond motifs is 1. The van der Waals surface area contributed by atoms with E-state index < -0.39 is 0 Å². The summed E-state index contributed by atoms with van der Waals surface area (Å²) in [5.41, 5.74) is 6.68. The van der Waals surface area contributed by atoms with Crippen LogP contribution in [0, 0.1) is 0 Å². The number of nitrogen functional groups attached to an aromatic ring is 1. The van der Waals surface area contributed by atoms with Gasteiger partial charge in [-0.05, 0) is 31.5 Å². The van der Waals surface area contributed by atoms with Crippen molar-refractivity contribution in [2.45, 2.75) is 18.8 Å². The minimum atomic E-state index is 0.424. The number of nitrogens with two attached hydrogens (primary N) is 1. The molecule has 0 bridgehead atoms. The molecule has 0 spiro atoms. The molecular formula is C11H15N5. The first-order valence-corrected chi connectivity index (χ1v) is 5.66. The molecule has 0 amide bonds. The van der Waals surface area contributed by atoms with Gasteiger partial charge in [0.1, 0.15) is 5.82 Å². The molecule has 3 heterocycles. The molecule has 0 saturated carbocycles. The second-order valence-corrected chi connectivity index (χ2v) is 4.23. The van der Waals surface area contributed by atoms with Gasteiger partial charge in [0.25, 0.3) is 0 Å². The molecule has 0 aliphatic carbocycles. The molecule has 84 valence electrons. The highest BCUT2D eigenvalue weighted by Crippen LogP contribution is 2.21. The lowest BCUT2D eigenvalue weighted by Gasteiger charge is -2.19. The number of hydrogen-bond acceptors (Lipinski definition) is 4. The highest BCUT2D eigenvalue weighted by molar-refractivity contribution is 5.46. The average Bonchev–Trinajstić information content (AvgIpc) is 2.76. The van der Waals surface area contributed by atoms with E-state index >= 15 is 0 Å². The van der Waals surface area contributed by atoms with E-state index in [0.717, 1.165) is 31.0 Å². The Morgan fingerprint density at radius 2 is 2.38 bits per heavy atom. The predicted octanol–water partition coefficient (Wildman–Crippen LogP) is 0.778. The summed E-state index contributed by atoms with van der Waals surface area (Å²) < 4.78 is 1.71. The third-order valence-corrected chi connectivity index (χ3v) is 3.07. The van der Waals surface area contributed by atoms with E-state index in [1.165, 1.54) is 6.42 Å². The maximum absolute atomic E-state index is 5.84. The molecule has 1 fully saturated rings. The number of hydrogen-bond donors (Lipinski definition) is 2. The number of pyridine rings is 1. The van der Waals surface area contributed by atoms with Crippen LogP contribution in [0.1, 0.15) is 24.6 Å². The minimum Gasteiger partial charge on any atom is -0.384 e. The molecule has 16 heavy (non-hydrogen) atoms. The molecular weight excluding hydrogens is 202 g/mol. The fraction of sp³-hybridized carbons (Fsp3) is 0.455. The lowest BCUT2D eigenvalue weighted by molar-refractivity contribution is 0.447. The molecule has 0 aromatic carbocycles. The molecule has 1 atom stereocenters. The van der Waals surface area contributed by atoms with Gasteiger partial charge in [-0.1, -0.05) is 6.07 Å². The highest BCUT2D eigenvalue weighted by Gasteiger charge is 2.19. The van der Waals surface area contributed by atoms with Gasteiger partial charge in [-0.25, -0.2) is 4.98 Å². The first-order valence-electron chi connectivity index (χ1n) is 5.66. The van der Waals surface area contributed by atoms with Gasteiger partial charge in [0.15, 0.2) is 11.5 Å². The summed E-state index contributed by atoms with van der Waals surface area (Å²) in [5, 5.41) is 7.85. The van der Waals surface area contributed by atoms with Crippen molar-refractivity contribution in [1.82, 2.24) is 19.9 Å². The molecule has 1 unspecified atom stereocenters. The van der Waals surface area contributed by atoms with Gasteiger partial charge in [0, 0.05) is 12.5 Å². The lowest BCUT2D eigenvalue weighted by Crippen LogP contribution is -2.29. The summed E-state index contributed by atoms with van der Waals surface area (Å²) >= 11 is 0. The fourth-order valence-electron chi connectivity index (χ4n) is 2.19. The van der Waals surface area contributed by atoms with Crippen molar-refractivity contribution in [2.24, 2.45) is 0 Å².